The summed E-state index contributed by atoms with van der Waals surface area (Å²) in [5.41, 5.74) is 2.06. The maximum absolute atomic E-state index is 4.59. The summed E-state index contributed by atoms with van der Waals surface area (Å²) in [5, 5.41) is 8.71. The molecule has 0 saturated heterocycles. The van der Waals surface area contributed by atoms with E-state index in [0.717, 1.165) is 36.8 Å². The van der Waals surface area contributed by atoms with Crippen molar-refractivity contribution in [3.63, 3.8) is 0 Å². The first-order valence-electron chi connectivity index (χ1n) is 7.24. The Hall–Kier alpha value is -2.34. The van der Waals surface area contributed by atoms with E-state index in [9.17, 15) is 0 Å². The lowest BCUT2D eigenvalue weighted by Gasteiger charge is -2.10. The molecular formula is C16H19N5S. The van der Waals surface area contributed by atoms with Gasteiger partial charge in [0.05, 0.1) is 12.2 Å². The average molecular weight is 313 g/mol. The Morgan fingerprint density at radius 3 is 3.00 bits per heavy atom. The first kappa shape index (κ1) is 14.6. The molecule has 3 heterocycles. The van der Waals surface area contributed by atoms with Crippen LogP contribution in [0.5, 0.6) is 0 Å². The molecular weight excluding hydrogens is 294 g/mol. The summed E-state index contributed by atoms with van der Waals surface area (Å²) in [5.74, 6) is 0.817. The fourth-order valence-corrected chi connectivity index (χ4v) is 2.87. The molecule has 0 amide bonds. The number of rotatable bonds is 5. The van der Waals surface area contributed by atoms with Gasteiger partial charge in [-0.05, 0) is 23.6 Å². The van der Waals surface area contributed by atoms with Crippen molar-refractivity contribution in [2.45, 2.75) is 13.0 Å². The predicted octanol–water partition coefficient (Wildman–Crippen LogP) is 2.30. The Kier molecular flexibility index (Phi) is 4.70. The van der Waals surface area contributed by atoms with Gasteiger partial charge < -0.3 is 15.0 Å². The normalized spacial score (nSPS) is 11.8. The van der Waals surface area contributed by atoms with Crippen molar-refractivity contribution in [2.75, 3.05) is 13.6 Å². The van der Waals surface area contributed by atoms with E-state index >= 15 is 0 Å². The van der Waals surface area contributed by atoms with Gasteiger partial charge in [0.15, 0.2) is 5.96 Å². The summed E-state index contributed by atoms with van der Waals surface area (Å²) in [4.78, 5) is 10.1. The number of pyridine rings is 1. The van der Waals surface area contributed by atoms with Gasteiger partial charge in [0.1, 0.15) is 5.65 Å². The summed E-state index contributed by atoms with van der Waals surface area (Å²) >= 11 is 1.74. The van der Waals surface area contributed by atoms with E-state index in [-0.39, 0.29) is 0 Å². The number of fused-ring (bicyclic) bond motifs is 1. The molecule has 0 aliphatic carbocycles. The zero-order chi connectivity index (χ0) is 15.2. The van der Waals surface area contributed by atoms with E-state index in [2.05, 4.69) is 44.3 Å². The molecule has 5 nitrogen and oxygen atoms in total. The SMILES string of the molecule is CN=C(NCCc1cn2ccccc2n1)NCc1cccs1. The van der Waals surface area contributed by atoms with Crippen LogP contribution in [-0.4, -0.2) is 28.9 Å². The van der Waals surface area contributed by atoms with Gasteiger partial charge >= 0.3 is 0 Å². The third-order valence-corrected chi connectivity index (χ3v) is 4.20. The van der Waals surface area contributed by atoms with Crippen molar-refractivity contribution in [2.24, 2.45) is 4.99 Å². The summed E-state index contributed by atoms with van der Waals surface area (Å²) in [7, 11) is 1.79. The van der Waals surface area contributed by atoms with Gasteiger partial charge in [0, 0.05) is 37.3 Å². The van der Waals surface area contributed by atoms with Crippen LogP contribution in [0.4, 0.5) is 0 Å². The minimum Gasteiger partial charge on any atom is -0.356 e. The van der Waals surface area contributed by atoms with Gasteiger partial charge in [0.2, 0.25) is 0 Å². The lowest BCUT2D eigenvalue weighted by atomic mass is 10.3. The zero-order valence-electron chi connectivity index (χ0n) is 12.5. The fourth-order valence-electron chi connectivity index (χ4n) is 2.22. The molecule has 0 unspecified atom stereocenters. The highest BCUT2D eigenvalue weighted by atomic mass is 32.1. The molecule has 3 aromatic rings. The molecule has 0 aromatic carbocycles. The topological polar surface area (TPSA) is 53.7 Å². The van der Waals surface area contributed by atoms with Gasteiger partial charge in [-0.1, -0.05) is 12.1 Å². The Labute approximate surface area is 133 Å². The van der Waals surface area contributed by atoms with Crippen LogP contribution in [0.15, 0.2) is 53.1 Å². The molecule has 3 rings (SSSR count). The molecule has 0 aliphatic heterocycles. The number of nitrogens with one attached hydrogen (secondary N) is 2. The number of hydrogen-bond donors (Lipinski definition) is 2. The van der Waals surface area contributed by atoms with Gasteiger partial charge in [-0.2, -0.15) is 0 Å². The van der Waals surface area contributed by atoms with Crippen molar-refractivity contribution >= 4 is 22.9 Å². The van der Waals surface area contributed by atoms with Crippen molar-refractivity contribution in [1.82, 2.24) is 20.0 Å². The Morgan fingerprint density at radius 1 is 1.27 bits per heavy atom. The number of imidazole rings is 1. The molecule has 0 atom stereocenters. The summed E-state index contributed by atoms with van der Waals surface area (Å²) in [6, 6.07) is 10.2. The van der Waals surface area contributed by atoms with E-state index < -0.39 is 0 Å². The van der Waals surface area contributed by atoms with E-state index in [4.69, 9.17) is 0 Å². The molecule has 0 spiro atoms. The third-order valence-electron chi connectivity index (χ3n) is 3.32. The van der Waals surface area contributed by atoms with Gasteiger partial charge in [-0.25, -0.2) is 4.98 Å². The van der Waals surface area contributed by atoms with Crippen LogP contribution in [0.1, 0.15) is 10.6 Å². The van der Waals surface area contributed by atoms with Crippen molar-refractivity contribution in [3.05, 3.63) is 58.7 Å². The second kappa shape index (κ2) is 7.09. The molecule has 2 N–H and O–H groups in total. The maximum atomic E-state index is 4.59. The van der Waals surface area contributed by atoms with Crippen molar-refractivity contribution in [1.29, 1.82) is 0 Å². The quantitative estimate of drug-likeness (QED) is 0.561. The molecule has 3 aromatic heterocycles. The van der Waals surface area contributed by atoms with Gasteiger partial charge in [0.25, 0.3) is 0 Å². The van der Waals surface area contributed by atoms with E-state index in [1.54, 1.807) is 18.4 Å². The van der Waals surface area contributed by atoms with Crippen LogP contribution >= 0.6 is 11.3 Å². The minimum atomic E-state index is 0.797. The van der Waals surface area contributed by atoms with Crippen LogP contribution in [-0.2, 0) is 13.0 Å². The number of nitrogens with zero attached hydrogens (tertiary/aromatic N) is 3. The highest BCUT2D eigenvalue weighted by Crippen LogP contribution is 2.07. The lowest BCUT2D eigenvalue weighted by Crippen LogP contribution is -2.37. The zero-order valence-corrected chi connectivity index (χ0v) is 13.3. The fraction of sp³-hybridized carbons (Fsp3) is 0.250. The summed E-state index contributed by atoms with van der Waals surface area (Å²) < 4.78 is 2.04. The molecule has 0 bridgehead atoms. The number of hydrogen-bond acceptors (Lipinski definition) is 3. The number of guanidine groups is 1. The standard InChI is InChI=1S/C16H19N5S/c1-17-16(19-11-14-5-4-10-22-14)18-8-7-13-12-21-9-3-2-6-15(21)20-13/h2-6,9-10,12H,7-8,11H2,1H3,(H2,17,18,19). The Bertz CT molecular complexity index is 712. The number of thiophene rings is 1. The number of aromatic nitrogens is 2. The van der Waals surface area contributed by atoms with Crippen LogP contribution in [0, 0.1) is 0 Å². The molecule has 0 radical (unpaired) electrons. The van der Waals surface area contributed by atoms with Crippen molar-refractivity contribution < 1.29 is 0 Å². The summed E-state index contributed by atoms with van der Waals surface area (Å²) in [6.07, 6.45) is 4.95. The highest BCUT2D eigenvalue weighted by Gasteiger charge is 2.02. The van der Waals surface area contributed by atoms with Gasteiger partial charge in [-0.15, -0.1) is 11.3 Å². The van der Waals surface area contributed by atoms with Crippen LogP contribution in [0.3, 0.4) is 0 Å². The maximum Gasteiger partial charge on any atom is 0.191 e. The van der Waals surface area contributed by atoms with Crippen LogP contribution in [0.2, 0.25) is 0 Å². The van der Waals surface area contributed by atoms with E-state index in [1.165, 1.54) is 4.88 Å². The molecule has 0 fully saturated rings. The molecule has 0 saturated carbocycles. The first-order valence-corrected chi connectivity index (χ1v) is 8.12. The van der Waals surface area contributed by atoms with Crippen molar-refractivity contribution in [3.8, 4) is 0 Å². The minimum absolute atomic E-state index is 0.797. The Morgan fingerprint density at radius 2 is 2.23 bits per heavy atom. The second-order valence-corrected chi connectivity index (χ2v) is 5.91. The summed E-state index contributed by atoms with van der Waals surface area (Å²) in [6.45, 7) is 1.60. The lowest BCUT2D eigenvalue weighted by molar-refractivity contribution is 0.791. The average Bonchev–Trinajstić information content (AvgIpc) is 3.19. The molecule has 114 valence electrons. The molecule has 0 aliphatic rings. The largest absolute Gasteiger partial charge is 0.356 e. The first-order chi connectivity index (χ1) is 10.8. The predicted molar refractivity (Wildman–Crippen MR) is 91.4 cm³/mol. The van der Waals surface area contributed by atoms with E-state index in [0.29, 0.717) is 0 Å². The number of aliphatic imine (C=N–C) groups is 1. The smallest absolute Gasteiger partial charge is 0.191 e. The monoisotopic (exact) mass is 313 g/mol. The van der Waals surface area contributed by atoms with E-state index in [1.807, 2.05) is 28.8 Å². The van der Waals surface area contributed by atoms with Gasteiger partial charge in [-0.3, -0.25) is 4.99 Å². The Balaban J connectivity index is 1.48. The molecule has 6 heteroatoms. The second-order valence-electron chi connectivity index (χ2n) is 4.88. The molecule has 22 heavy (non-hydrogen) atoms. The van der Waals surface area contributed by atoms with Crippen LogP contribution < -0.4 is 10.6 Å². The van der Waals surface area contributed by atoms with Crippen LogP contribution in [0.25, 0.3) is 5.65 Å². The highest BCUT2D eigenvalue weighted by molar-refractivity contribution is 7.09. The third kappa shape index (κ3) is 3.65.